The van der Waals surface area contributed by atoms with Crippen LogP contribution in [-0.4, -0.2) is 10.9 Å². The van der Waals surface area contributed by atoms with Crippen LogP contribution in [0, 0.1) is 5.82 Å². The summed E-state index contributed by atoms with van der Waals surface area (Å²) >= 11 is 0. The molecule has 0 fully saturated rings. The standard InChI is InChI=1S/C16H11FN2O/c17-11-6-7-14-12(8-11)13(16(18)20)9-15(19-14)10-4-2-1-3-5-10/h1-9H,(H2,18,20). The normalized spacial score (nSPS) is 10.7. The summed E-state index contributed by atoms with van der Waals surface area (Å²) in [6, 6.07) is 15.2. The molecular weight excluding hydrogens is 255 g/mol. The maximum absolute atomic E-state index is 13.3. The highest BCUT2D eigenvalue weighted by molar-refractivity contribution is 6.06. The largest absolute Gasteiger partial charge is 0.366 e. The first-order chi connectivity index (χ1) is 9.65. The van der Waals surface area contributed by atoms with Crippen molar-refractivity contribution in [2.24, 2.45) is 5.73 Å². The zero-order valence-electron chi connectivity index (χ0n) is 10.5. The molecule has 0 bridgehead atoms. The summed E-state index contributed by atoms with van der Waals surface area (Å²) < 4.78 is 13.3. The van der Waals surface area contributed by atoms with E-state index in [4.69, 9.17) is 5.73 Å². The van der Waals surface area contributed by atoms with Crippen LogP contribution in [-0.2, 0) is 0 Å². The molecule has 0 unspecified atom stereocenters. The molecule has 3 aromatic rings. The summed E-state index contributed by atoms with van der Waals surface area (Å²) in [7, 11) is 0. The van der Waals surface area contributed by atoms with Crippen LogP contribution in [0.25, 0.3) is 22.2 Å². The Morgan fingerprint density at radius 3 is 2.50 bits per heavy atom. The Morgan fingerprint density at radius 2 is 1.80 bits per heavy atom. The number of halogens is 1. The van der Waals surface area contributed by atoms with E-state index in [1.165, 1.54) is 12.1 Å². The Morgan fingerprint density at radius 1 is 1.05 bits per heavy atom. The van der Waals surface area contributed by atoms with Gasteiger partial charge >= 0.3 is 0 Å². The van der Waals surface area contributed by atoms with Crippen LogP contribution in [0.2, 0.25) is 0 Å². The Bertz CT molecular complexity index is 800. The van der Waals surface area contributed by atoms with E-state index in [-0.39, 0.29) is 5.56 Å². The Labute approximate surface area is 114 Å². The van der Waals surface area contributed by atoms with E-state index in [9.17, 15) is 9.18 Å². The lowest BCUT2D eigenvalue weighted by atomic mass is 10.0. The van der Waals surface area contributed by atoms with Gasteiger partial charge in [-0.25, -0.2) is 9.37 Å². The van der Waals surface area contributed by atoms with Crippen molar-refractivity contribution in [2.75, 3.05) is 0 Å². The number of nitrogens with zero attached hydrogens (tertiary/aromatic N) is 1. The SMILES string of the molecule is NC(=O)c1cc(-c2ccccc2)nc2ccc(F)cc12. The number of nitrogens with two attached hydrogens (primary N) is 1. The van der Waals surface area contributed by atoms with Gasteiger partial charge in [0.1, 0.15) is 5.82 Å². The molecule has 0 aliphatic rings. The number of hydrogen-bond donors (Lipinski definition) is 1. The van der Waals surface area contributed by atoms with Gasteiger partial charge in [-0.1, -0.05) is 30.3 Å². The molecule has 20 heavy (non-hydrogen) atoms. The van der Waals surface area contributed by atoms with E-state index >= 15 is 0 Å². The van der Waals surface area contributed by atoms with Crippen LogP contribution in [0.1, 0.15) is 10.4 Å². The smallest absolute Gasteiger partial charge is 0.249 e. The van der Waals surface area contributed by atoms with Crippen molar-refractivity contribution in [3.05, 3.63) is 66.0 Å². The van der Waals surface area contributed by atoms with E-state index in [0.717, 1.165) is 5.56 Å². The second-order valence-corrected chi connectivity index (χ2v) is 4.45. The van der Waals surface area contributed by atoms with Gasteiger partial charge in [0.25, 0.3) is 0 Å². The molecule has 1 heterocycles. The van der Waals surface area contributed by atoms with E-state index in [1.54, 1.807) is 12.1 Å². The highest BCUT2D eigenvalue weighted by atomic mass is 19.1. The fourth-order valence-corrected chi connectivity index (χ4v) is 2.16. The number of carbonyl (C=O) groups excluding carboxylic acids is 1. The average Bonchev–Trinajstić information content (AvgIpc) is 2.47. The number of primary amides is 1. The van der Waals surface area contributed by atoms with Gasteiger partial charge in [-0.3, -0.25) is 4.79 Å². The van der Waals surface area contributed by atoms with Gasteiger partial charge in [-0.05, 0) is 24.3 Å². The molecule has 0 spiro atoms. The van der Waals surface area contributed by atoms with Crippen molar-refractivity contribution in [1.82, 2.24) is 4.98 Å². The zero-order valence-corrected chi connectivity index (χ0v) is 10.5. The molecule has 2 aromatic carbocycles. The fraction of sp³-hybridized carbons (Fsp3) is 0. The minimum absolute atomic E-state index is 0.272. The van der Waals surface area contributed by atoms with Gasteiger partial charge in [0.05, 0.1) is 16.8 Å². The van der Waals surface area contributed by atoms with Crippen LogP contribution < -0.4 is 5.73 Å². The number of hydrogen-bond acceptors (Lipinski definition) is 2. The van der Waals surface area contributed by atoms with Crippen LogP contribution in [0.15, 0.2) is 54.6 Å². The van der Waals surface area contributed by atoms with Gasteiger partial charge in [-0.15, -0.1) is 0 Å². The van der Waals surface area contributed by atoms with Crippen molar-refractivity contribution in [1.29, 1.82) is 0 Å². The minimum atomic E-state index is -0.597. The van der Waals surface area contributed by atoms with Crippen LogP contribution in [0.5, 0.6) is 0 Å². The first kappa shape index (κ1) is 12.3. The summed E-state index contributed by atoms with van der Waals surface area (Å²) in [4.78, 5) is 16.0. The molecule has 0 aliphatic carbocycles. The number of pyridine rings is 1. The molecule has 4 heteroatoms. The predicted octanol–water partition coefficient (Wildman–Crippen LogP) is 3.14. The van der Waals surface area contributed by atoms with Crippen molar-refractivity contribution in [3.8, 4) is 11.3 Å². The molecule has 1 amide bonds. The molecule has 0 saturated carbocycles. The highest BCUT2D eigenvalue weighted by Gasteiger charge is 2.12. The van der Waals surface area contributed by atoms with Crippen molar-refractivity contribution in [2.45, 2.75) is 0 Å². The second-order valence-electron chi connectivity index (χ2n) is 4.45. The van der Waals surface area contributed by atoms with Gasteiger partial charge in [0.15, 0.2) is 0 Å². The summed E-state index contributed by atoms with van der Waals surface area (Å²) in [5, 5.41) is 0.428. The molecule has 3 nitrogen and oxygen atoms in total. The molecule has 1 aromatic heterocycles. The van der Waals surface area contributed by atoms with Gasteiger partial charge < -0.3 is 5.73 Å². The topological polar surface area (TPSA) is 56.0 Å². The van der Waals surface area contributed by atoms with E-state index < -0.39 is 11.7 Å². The minimum Gasteiger partial charge on any atom is -0.366 e. The molecule has 3 rings (SSSR count). The number of amides is 1. The molecule has 2 N–H and O–H groups in total. The monoisotopic (exact) mass is 266 g/mol. The molecular formula is C16H11FN2O. The molecule has 98 valence electrons. The first-order valence-corrected chi connectivity index (χ1v) is 6.11. The quantitative estimate of drug-likeness (QED) is 0.774. The molecule has 0 saturated heterocycles. The van der Waals surface area contributed by atoms with E-state index in [2.05, 4.69) is 4.98 Å². The molecule has 0 atom stereocenters. The van der Waals surface area contributed by atoms with Crippen LogP contribution >= 0.6 is 0 Å². The lowest BCUT2D eigenvalue weighted by molar-refractivity contribution is 0.100. The van der Waals surface area contributed by atoms with Crippen LogP contribution in [0.4, 0.5) is 4.39 Å². The summed E-state index contributed by atoms with van der Waals surface area (Å²) in [5.74, 6) is -1.02. The first-order valence-electron chi connectivity index (χ1n) is 6.11. The molecule has 0 radical (unpaired) electrons. The zero-order chi connectivity index (χ0) is 14.1. The summed E-state index contributed by atoms with van der Waals surface area (Å²) in [6.07, 6.45) is 0. The van der Waals surface area contributed by atoms with E-state index in [1.807, 2.05) is 30.3 Å². The Hall–Kier alpha value is -2.75. The number of benzene rings is 2. The third kappa shape index (κ3) is 2.12. The van der Waals surface area contributed by atoms with Crippen molar-refractivity contribution in [3.63, 3.8) is 0 Å². The third-order valence-corrected chi connectivity index (χ3v) is 3.11. The van der Waals surface area contributed by atoms with Gasteiger partial charge in [0.2, 0.25) is 5.91 Å². The summed E-state index contributed by atoms with van der Waals surface area (Å²) in [5.41, 5.74) is 7.72. The van der Waals surface area contributed by atoms with Crippen molar-refractivity contribution >= 4 is 16.8 Å². The lowest BCUT2D eigenvalue weighted by Gasteiger charge is -2.07. The average molecular weight is 266 g/mol. The summed E-state index contributed by atoms with van der Waals surface area (Å²) in [6.45, 7) is 0. The fourth-order valence-electron chi connectivity index (χ4n) is 2.16. The van der Waals surface area contributed by atoms with E-state index in [0.29, 0.717) is 16.6 Å². The number of fused-ring (bicyclic) bond motifs is 1. The number of aromatic nitrogens is 1. The second kappa shape index (κ2) is 4.74. The highest BCUT2D eigenvalue weighted by Crippen LogP contribution is 2.25. The molecule has 0 aliphatic heterocycles. The number of rotatable bonds is 2. The van der Waals surface area contributed by atoms with Gasteiger partial charge in [-0.2, -0.15) is 0 Å². The Kier molecular flexibility index (Phi) is 2.91. The lowest BCUT2D eigenvalue weighted by Crippen LogP contribution is -2.12. The number of carbonyl (C=O) groups is 1. The maximum Gasteiger partial charge on any atom is 0.249 e. The third-order valence-electron chi connectivity index (χ3n) is 3.11. The Balaban J connectivity index is 2.32. The van der Waals surface area contributed by atoms with Gasteiger partial charge in [0, 0.05) is 10.9 Å². The van der Waals surface area contributed by atoms with Crippen LogP contribution in [0.3, 0.4) is 0 Å². The maximum atomic E-state index is 13.3. The van der Waals surface area contributed by atoms with Crippen molar-refractivity contribution < 1.29 is 9.18 Å². The predicted molar refractivity (Wildman–Crippen MR) is 75.7 cm³/mol.